The monoisotopic (exact) mass is 215 g/mol. The summed E-state index contributed by atoms with van der Waals surface area (Å²) >= 11 is 0. The topological polar surface area (TPSA) is 128 Å². The molecule has 0 saturated carbocycles. The summed E-state index contributed by atoms with van der Waals surface area (Å²) in [4.78, 5) is 0. The molecule has 1 atom stereocenters. The van der Waals surface area contributed by atoms with Gasteiger partial charge in [-0.05, 0) is 0 Å². The van der Waals surface area contributed by atoms with E-state index in [4.69, 9.17) is 0 Å². The largest absolute Gasteiger partial charge is 0.747 e. The molecule has 0 spiro atoms. The van der Waals surface area contributed by atoms with Crippen LogP contribution in [-0.4, -0.2) is 32.4 Å². The van der Waals surface area contributed by atoms with Gasteiger partial charge in [0, 0.05) is 5.41 Å². The zero-order chi connectivity index (χ0) is 8.70. The van der Waals surface area contributed by atoms with E-state index in [0.717, 1.165) is 11.5 Å². The molecule has 0 fully saturated rings. The Kier molecular flexibility index (Phi) is 3.02. The smallest absolute Gasteiger partial charge is 0.172 e. The Morgan fingerprint density at radius 1 is 1.42 bits per heavy atom. The number of hydrogen-bond acceptors (Lipinski definition) is 5. The van der Waals surface area contributed by atoms with Crippen LogP contribution in [0.2, 0.25) is 0 Å². The van der Waals surface area contributed by atoms with Crippen molar-refractivity contribution in [1.29, 1.82) is 0 Å². The summed E-state index contributed by atoms with van der Waals surface area (Å²) in [6.07, 6.45) is 0.900. The van der Waals surface area contributed by atoms with Crippen molar-refractivity contribution >= 4 is 20.0 Å². The second-order valence-electron chi connectivity index (χ2n) is 2.19. The minimum absolute atomic E-state index is 0. The lowest BCUT2D eigenvalue weighted by Crippen LogP contribution is -2.21. The van der Waals surface area contributed by atoms with E-state index in [1.807, 2.05) is 0 Å². The molecule has 0 bridgehead atoms. The van der Waals surface area contributed by atoms with Gasteiger partial charge in [0.1, 0.15) is 10.1 Å². The maximum atomic E-state index is 10.6. The Bertz CT molecular complexity index is 378. The molecule has 1 unspecified atom stereocenters. The molecule has 4 N–H and O–H groups in total. The zero-order valence-corrected chi connectivity index (χ0v) is 7.93. The summed E-state index contributed by atoms with van der Waals surface area (Å²) in [6.45, 7) is 0. The van der Waals surface area contributed by atoms with Crippen molar-refractivity contribution in [3.05, 3.63) is 11.5 Å². The molecule has 12 heavy (non-hydrogen) atoms. The molecule has 0 aliphatic carbocycles. The van der Waals surface area contributed by atoms with E-state index < -0.39 is 31.0 Å². The van der Waals surface area contributed by atoms with Gasteiger partial charge >= 0.3 is 0 Å². The van der Waals surface area contributed by atoms with Crippen LogP contribution in [0.3, 0.4) is 0 Å². The Morgan fingerprint density at radius 2 is 1.92 bits per heavy atom. The molecule has 0 saturated heterocycles. The standard InChI is InChI=1S/C4H6O5S2.H3N/c5-10(6)2-1-4(3-10)11(7,8)9;/h1-2,4H,3H2,(H,7,8,9);1H3. The average Bonchev–Trinajstić information content (AvgIpc) is 2.07. The van der Waals surface area contributed by atoms with Crippen LogP contribution in [-0.2, 0) is 20.0 Å². The van der Waals surface area contributed by atoms with E-state index in [2.05, 4.69) is 0 Å². The van der Waals surface area contributed by atoms with E-state index in [1.54, 1.807) is 0 Å². The molecule has 6 nitrogen and oxygen atoms in total. The lowest BCUT2D eigenvalue weighted by molar-refractivity contribution is 0.458. The van der Waals surface area contributed by atoms with Gasteiger partial charge in [-0.3, -0.25) is 0 Å². The first kappa shape index (κ1) is 11.6. The minimum atomic E-state index is -4.49. The van der Waals surface area contributed by atoms with Gasteiger partial charge in [-0.1, -0.05) is 6.08 Å². The van der Waals surface area contributed by atoms with E-state index in [-0.39, 0.29) is 6.15 Å². The molecule has 0 amide bonds. The summed E-state index contributed by atoms with van der Waals surface area (Å²) in [7, 11) is -7.93. The first-order valence-corrected chi connectivity index (χ1v) is 5.86. The predicted molar refractivity (Wildman–Crippen MR) is 42.4 cm³/mol. The number of rotatable bonds is 1. The highest BCUT2D eigenvalue weighted by atomic mass is 32.2. The van der Waals surface area contributed by atoms with Crippen molar-refractivity contribution in [2.75, 3.05) is 5.75 Å². The van der Waals surface area contributed by atoms with Gasteiger partial charge in [0.15, 0.2) is 9.84 Å². The SMILES string of the molecule is O=S1(=O)C=CC(S(=O)(=O)[O-])C1.[NH4+]. The lowest BCUT2D eigenvalue weighted by atomic mass is 10.5. The third kappa shape index (κ3) is 2.55. The molecule has 0 aromatic rings. The third-order valence-electron chi connectivity index (χ3n) is 1.27. The summed E-state index contributed by atoms with van der Waals surface area (Å²) in [5.74, 6) is -0.612. The van der Waals surface area contributed by atoms with Gasteiger partial charge in [-0.25, -0.2) is 16.8 Å². The Balaban J connectivity index is 0.00000121. The van der Waals surface area contributed by atoms with Gasteiger partial charge in [-0.2, -0.15) is 0 Å². The molecule has 0 aromatic carbocycles. The van der Waals surface area contributed by atoms with Crippen LogP contribution in [0.15, 0.2) is 11.5 Å². The van der Waals surface area contributed by atoms with Crippen molar-refractivity contribution in [2.24, 2.45) is 0 Å². The quantitative estimate of drug-likeness (QED) is 0.573. The molecular formula is C4H9NO5S2. The molecule has 0 aromatic heterocycles. The molecule has 1 aliphatic rings. The van der Waals surface area contributed by atoms with Crippen LogP contribution in [0.25, 0.3) is 0 Å². The average molecular weight is 215 g/mol. The number of hydrogen-bond donors (Lipinski definition) is 1. The van der Waals surface area contributed by atoms with Crippen LogP contribution in [0.1, 0.15) is 0 Å². The van der Waals surface area contributed by atoms with Gasteiger partial charge in [0.25, 0.3) is 0 Å². The summed E-state index contributed by atoms with van der Waals surface area (Å²) in [6, 6.07) is 0. The lowest BCUT2D eigenvalue weighted by Gasteiger charge is -2.10. The van der Waals surface area contributed by atoms with Gasteiger partial charge < -0.3 is 10.7 Å². The summed E-state index contributed by atoms with van der Waals surface area (Å²) in [5, 5.41) is -0.639. The third-order valence-corrected chi connectivity index (χ3v) is 3.94. The van der Waals surface area contributed by atoms with E-state index in [9.17, 15) is 21.4 Å². The van der Waals surface area contributed by atoms with Crippen LogP contribution in [0, 0.1) is 0 Å². The summed E-state index contributed by atoms with van der Waals surface area (Å²) in [5.41, 5.74) is 0. The first-order valence-electron chi connectivity index (χ1n) is 2.67. The van der Waals surface area contributed by atoms with Gasteiger partial charge in [0.2, 0.25) is 0 Å². The predicted octanol–water partition coefficient (Wildman–Crippen LogP) is -0.782. The molecule has 1 rings (SSSR count). The Morgan fingerprint density at radius 3 is 2.08 bits per heavy atom. The van der Waals surface area contributed by atoms with Crippen LogP contribution in [0.5, 0.6) is 0 Å². The van der Waals surface area contributed by atoms with E-state index in [0.29, 0.717) is 0 Å². The zero-order valence-electron chi connectivity index (χ0n) is 6.30. The van der Waals surface area contributed by atoms with Crippen molar-refractivity contribution in [3.8, 4) is 0 Å². The fourth-order valence-corrected chi connectivity index (χ4v) is 3.44. The second-order valence-corrected chi connectivity index (χ2v) is 5.71. The number of quaternary nitrogens is 1. The molecular weight excluding hydrogens is 206 g/mol. The minimum Gasteiger partial charge on any atom is -0.747 e. The molecule has 1 heterocycles. The molecule has 8 heteroatoms. The van der Waals surface area contributed by atoms with E-state index in [1.165, 1.54) is 0 Å². The second kappa shape index (κ2) is 3.13. The van der Waals surface area contributed by atoms with Crippen molar-refractivity contribution in [2.45, 2.75) is 5.25 Å². The first-order chi connectivity index (χ1) is 4.81. The Hall–Kier alpha value is -0.440. The normalized spacial score (nSPS) is 26.6. The number of sulfone groups is 1. The maximum Gasteiger partial charge on any atom is 0.172 e. The fraction of sp³-hybridized carbons (Fsp3) is 0.500. The summed E-state index contributed by atoms with van der Waals surface area (Å²) < 4.78 is 51.9. The fourth-order valence-electron chi connectivity index (χ4n) is 0.727. The van der Waals surface area contributed by atoms with Gasteiger partial charge in [-0.15, -0.1) is 0 Å². The van der Waals surface area contributed by atoms with Gasteiger partial charge in [0.05, 0.1) is 11.0 Å². The van der Waals surface area contributed by atoms with Crippen molar-refractivity contribution in [1.82, 2.24) is 6.15 Å². The van der Waals surface area contributed by atoms with E-state index >= 15 is 0 Å². The van der Waals surface area contributed by atoms with Crippen molar-refractivity contribution in [3.63, 3.8) is 0 Å². The molecule has 1 aliphatic heterocycles. The van der Waals surface area contributed by atoms with Crippen molar-refractivity contribution < 1.29 is 21.4 Å². The highest BCUT2D eigenvalue weighted by Crippen LogP contribution is 2.13. The molecule has 0 radical (unpaired) electrons. The highest BCUT2D eigenvalue weighted by molar-refractivity contribution is 7.96. The highest BCUT2D eigenvalue weighted by Gasteiger charge is 2.26. The van der Waals surface area contributed by atoms with Crippen LogP contribution >= 0.6 is 0 Å². The molecule has 72 valence electrons. The Labute approximate surface area is 70.5 Å². The van der Waals surface area contributed by atoms with Crippen LogP contribution < -0.4 is 6.15 Å². The van der Waals surface area contributed by atoms with Crippen LogP contribution in [0.4, 0.5) is 0 Å². The maximum absolute atomic E-state index is 10.6.